The molecule has 2 fully saturated rings. The molecule has 2 heterocycles. The topological polar surface area (TPSA) is 35.6 Å². The minimum atomic E-state index is -0.383. The summed E-state index contributed by atoms with van der Waals surface area (Å²) in [5.74, 6) is 0.204. The zero-order chi connectivity index (χ0) is 18.3. The van der Waals surface area contributed by atoms with Crippen molar-refractivity contribution in [3.05, 3.63) is 65.7 Å². The molecule has 1 N–H and O–H groups in total. The zero-order valence-electron chi connectivity index (χ0n) is 16.1. The Bertz CT molecular complexity index is 833. The number of anilines is 1. The van der Waals surface area contributed by atoms with Gasteiger partial charge in [0, 0.05) is 24.8 Å². The van der Waals surface area contributed by atoms with Gasteiger partial charge in [-0.05, 0) is 55.4 Å². The van der Waals surface area contributed by atoms with Gasteiger partial charge >= 0.3 is 0 Å². The Morgan fingerprint density at radius 2 is 1.68 bits per heavy atom. The molecule has 0 bridgehead atoms. The summed E-state index contributed by atoms with van der Waals surface area (Å²) in [6, 6.07) is 19.8. The fourth-order valence-electron chi connectivity index (χ4n) is 5.35. The van der Waals surface area contributed by atoms with E-state index in [-0.39, 0.29) is 23.9 Å². The van der Waals surface area contributed by atoms with Crippen molar-refractivity contribution in [2.75, 3.05) is 24.7 Å². The van der Waals surface area contributed by atoms with Crippen molar-refractivity contribution in [1.29, 1.82) is 0 Å². The second kappa shape index (κ2) is 7.76. The summed E-state index contributed by atoms with van der Waals surface area (Å²) < 4.78 is 0. The molecular weight excluding hydrogens is 370 g/mol. The first-order valence-corrected chi connectivity index (χ1v) is 10.2. The largest absolute Gasteiger partial charge is 0.339 e. The molecule has 2 aromatic rings. The number of aryl methyl sites for hydroxylation is 1. The van der Waals surface area contributed by atoms with Crippen molar-refractivity contribution < 1.29 is 4.79 Å². The maximum atomic E-state index is 12.8. The van der Waals surface area contributed by atoms with Crippen LogP contribution in [0.3, 0.4) is 0 Å². The molecule has 5 heteroatoms. The van der Waals surface area contributed by atoms with E-state index in [1.165, 1.54) is 30.4 Å². The van der Waals surface area contributed by atoms with E-state index in [1.54, 1.807) is 0 Å². The molecule has 4 nitrogen and oxygen atoms in total. The van der Waals surface area contributed by atoms with Gasteiger partial charge in [0.25, 0.3) is 0 Å². The van der Waals surface area contributed by atoms with E-state index >= 15 is 0 Å². The molecule has 2 aliphatic heterocycles. The van der Waals surface area contributed by atoms with E-state index in [2.05, 4.69) is 63.6 Å². The Morgan fingerprint density at radius 3 is 2.46 bits per heavy atom. The number of carbonyl (C=O) groups is 1. The van der Waals surface area contributed by atoms with Gasteiger partial charge in [-0.25, -0.2) is 0 Å². The third kappa shape index (κ3) is 3.09. The fraction of sp³-hybridized carbons (Fsp3) is 0.435. The third-order valence-corrected chi connectivity index (χ3v) is 6.81. The number of amides is 1. The summed E-state index contributed by atoms with van der Waals surface area (Å²) in [6.45, 7) is 2.58. The molecular formula is C23H28ClN3O. The van der Waals surface area contributed by atoms with Crippen molar-refractivity contribution in [2.45, 2.75) is 43.7 Å². The Morgan fingerprint density at radius 1 is 0.964 bits per heavy atom. The van der Waals surface area contributed by atoms with Gasteiger partial charge in [0.05, 0.1) is 6.67 Å². The van der Waals surface area contributed by atoms with Gasteiger partial charge in [0.1, 0.15) is 5.54 Å². The van der Waals surface area contributed by atoms with Gasteiger partial charge < -0.3 is 10.2 Å². The second-order valence-corrected chi connectivity index (χ2v) is 8.10. The molecule has 0 radical (unpaired) electrons. The van der Waals surface area contributed by atoms with Crippen molar-refractivity contribution in [3.8, 4) is 0 Å². The molecule has 2 aromatic carbocycles. The monoisotopic (exact) mass is 397 g/mol. The summed E-state index contributed by atoms with van der Waals surface area (Å²) >= 11 is 0. The van der Waals surface area contributed by atoms with Crippen LogP contribution in [-0.4, -0.2) is 36.1 Å². The zero-order valence-corrected chi connectivity index (χ0v) is 17.0. The third-order valence-electron chi connectivity index (χ3n) is 6.81. The second-order valence-electron chi connectivity index (χ2n) is 8.10. The number of fused-ring (bicyclic) bond motifs is 1. The first kappa shape index (κ1) is 19.3. The lowest BCUT2D eigenvalue weighted by atomic mass is 9.82. The predicted molar refractivity (Wildman–Crippen MR) is 115 cm³/mol. The number of likely N-dealkylation sites (tertiary alicyclic amines) is 1. The van der Waals surface area contributed by atoms with Crippen LogP contribution < -0.4 is 10.2 Å². The molecule has 1 amide bonds. The lowest BCUT2D eigenvalue weighted by molar-refractivity contribution is -0.125. The van der Waals surface area contributed by atoms with Gasteiger partial charge in [-0.3, -0.25) is 9.69 Å². The Balaban J connectivity index is 0.00000192. The minimum Gasteiger partial charge on any atom is -0.339 e. The molecule has 0 aromatic heterocycles. The average molecular weight is 398 g/mol. The molecule has 1 atom stereocenters. The van der Waals surface area contributed by atoms with Crippen LogP contribution in [-0.2, 0) is 11.2 Å². The number of nitrogens with one attached hydrogen (secondary N) is 1. The van der Waals surface area contributed by atoms with E-state index in [0.29, 0.717) is 12.7 Å². The number of nitrogens with zero attached hydrogens (tertiary/aromatic N) is 2. The molecule has 5 rings (SSSR count). The maximum Gasteiger partial charge on any atom is 0.247 e. The van der Waals surface area contributed by atoms with Crippen LogP contribution in [0, 0.1) is 0 Å². The molecule has 1 aliphatic carbocycles. The predicted octanol–water partition coefficient (Wildman–Crippen LogP) is 3.91. The summed E-state index contributed by atoms with van der Waals surface area (Å²) in [5, 5.41) is 3.11. The lowest BCUT2D eigenvalue weighted by Gasteiger charge is -2.46. The normalized spacial score (nSPS) is 23.8. The van der Waals surface area contributed by atoms with Crippen LogP contribution in [0.5, 0.6) is 0 Å². The molecule has 1 unspecified atom stereocenters. The van der Waals surface area contributed by atoms with Crippen LogP contribution in [0.2, 0.25) is 0 Å². The Labute approximate surface area is 173 Å². The number of piperidine rings is 1. The van der Waals surface area contributed by atoms with Gasteiger partial charge in [-0.2, -0.15) is 0 Å². The summed E-state index contributed by atoms with van der Waals surface area (Å²) in [5.41, 5.74) is 3.79. The fourth-order valence-corrected chi connectivity index (χ4v) is 5.35. The van der Waals surface area contributed by atoms with E-state index in [0.717, 1.165) is 31.6 Å². The standard InChI is InChI=1S/C23H27N3O.ClH/c27-22-23(26(17-24-22)19-9-2-1-3-10-19)13-15-25(16-14-23)21-12-6-8-18-7-4-5-11-20(18)21;/h1-5,7,9-11,21H,6,8,12-17H2,(H,24,27);1H. The van der Waals surface area contributed by atoms with Gasteiger partial charge in [0.2, 0.25) is 5.91 Å². The summed E-state index contributed by atoms with van der Waals surface area (Å²) in [4.78, 5) is 17.8. The van der Waals surface area contributed by atoms with E-state index in [9.17, 15) is 4.79 Å². The van der Waals surface area contributed by atoms with Crippen LogP contribution in [0.15, 0.2) is 54.6 Å². The first-order chi connectivity index (χ1) is 13.3. The lowest BCUT2D eigenvalue weighted by Crippen LogP contribution is -2.57. The number of hydrogen-bond acceptors (Lipinski definition) is 3. The van der Waals surface area contributed by atoms with E-state index in [4.69, 9.17) is 0 Å². The number of benzene rings is 2. The quantitative estimate of drug-likeness (QED) is 0.834. The number of rotatable bonds is 2. The molecule has 148 valence electrons. The summed E-state index contributed by atoms with van der Waals surface area (Å²) in [7, 11) is 0. The molecule has 0 saturated carbocycles. The minimum absolute atomic E-state index is 0. The number of carbonyl (C=O) groups excluding carboxylic acids is 1. The van der Waals surface area contributed by atoms with Crippen molar-refractivity contribution >= 4 is 24.0 Å². The highest BCUT2D eigenvalue weighted by Crippen LogP contribution is 2.41. The Kier molecular flexibility index (Phi) is 5.35. The van der Waals surface area contributed by atoms with Crippen LogP contribution in [0.4, 0.5) is 5.69 Å². The van der Waals surface area contributed by atoms with Gasteiger partial charge in [-0.1, -0.05) is 42.5 Å². The highest BCUT2D eigenvalue weighted by atomic mass is 35.5. The van der Waals surface area contributed by atoms with Gasteiger partial charge in [-0.15, -0.1) is 12.4 Å². The molecule has 3 aliphatic rings. The van der Waals surface area contributed by atoms with Gasteiger partial charge in [0.15, 0.2) is 0 Å². The SMILES string of the molecule is Cl.O=C1NCN(c2ccccc2)C12CCN(C1CCCc3ccccc31)CC2. The highest BCUT2D eigenvalue weighted by molar-refractivity contribution is 5.93. The molecule has 28 heavy (non-hydrogen) atoms. The average Bonchev–Trinajstić information content (AvgIpc) is 3.05. The van der Waals surface area contributed by atoms with Crippen molar-refractivity contribution in [2.24, 2.45) is 0 Å². The van der Waals surface area contributed by atoms with Crippen molar-refractivity contribution in [3.63, 3.8) is 0 Å². The number of halogens is 1. The van der Waals surface area contributed by atoms with Crippen LogP contribution >= 0.6 is 12.4 Å². The van der Waals surface area contributed by atoms with E-state index < -0.39 is 0 Å². The first-order valence-electron chi connectivity index (χ1n) is 10.2. The van der Waals surface area contributed by atoms with Crippen molar-refractivity contribution in [1.82, 2.24) is 10.2 Å². The smallest absolute Gasteiger partial charge is 0.247 e. The highest BCUT2D eigenvalue weighted by Gasteiger charge is 2.51. The Hall–Kier alpha value is -2.04. The number of hydrogen-bond donors (Lipinski definition) is 1. The van der Waals surface area contributed by atoms with Crippen LogP contribution in [0.1, 0.15) is 42.9 Å². The summed E-state index contributed by atoms with van der Waals surface area (Å²) in [6.07, 6.45) is 5.49. The van der Waals surface area contributed by atoms with Crippen LogP contribution in [0.25, 0.3) is 0 Å². The number of para-hydroxylation sites is 1. The molecule has 2 saturated heterocycles. The van der Waals surface area contributed by atoms with E-state index in [1.807, 2.05) is 6.07 Å². The molecule has 1 spiro atoms. The maximum absolute atomic E-state index is 12.8.